The Bertz CT molecular complexity index is 1210. The molecule has 1 unspecified atom stereocenters. The fourth-order valence-electron chi connectivity index (χ4n) is 3.38. The number of carbonyl (C=O) groups excluding carboxylic acids is 1. The molecule has 31 heavy (non-hydrogen) atoms. The fourth-order valence-corrected chi connectivity index (χ4v) is 3.38. The zero-order valence-corrected chi connectivity index (χ0v) is 15.8. The summed E-state index contributed by atoms with van der Waals surface area (Å²) >= 11 is 0. The third-order valence-electron chi connectivity index (χ3n) is 4.92. The van der Waals surface area contributed by atoms with Gasteiger partial charge in [0.05, 0.1) is 6.04 Å². The zero-order valence-electron chi connectivity index (χ0n) is 15.8. The average molecular weight is 427 g/mol. The Morgan fingerprint density at radius 1 is 1.16 bits per heavy atom. The van der Waals surface area contributed by atoms with Crippen LogP contribution in [0.4, 0.5) is 8.78 Å². The predicted octanol–water partition coefficient (Wildman–Crippen LogP) is 2.43. The lowest BCUT2D eigenvalue weighted by Gasteiger charge is -2.19. The second kappa shape index (κ2) is 7.11. The van der Waals surface area contributed by atoms with Crippen LogP contribution in [0.25, 0.3) is 11.6 Å². The third-order valence-corrected chi connectivity index (χ3v) is 4.92. The van der Waals surface area contributed by atoms with Crippen LogP contribution >= 0.6 is 0 Å². The highest BCUT2D eigenvalue weighted by atomic mass is 19.3. The molecule has 2 N–H and O–H groups in total. The largest absolute Gasteiger partial charge is 0.586 e. The Labute approximate surface area is 173 Å². The van der Waals surface area contributed by atoms with E-state index in [1.54, 1.807) is 12.1 Å². The van der Waals surface area contributed by atoms with E-state index >= 15 is 0 Å². The van der Waals surface area contributed by atoms with Crippen LogP contribution in [-0.4, -0.2) is 32.1 Å². The molecule has 1 aliphatic heterocycles. The van der Waals surface area contributed by atoms with Gasteiger partial charge in [0.1, 0.15) is 5.69 Å². The van der Waals surface area contributed by atoms with Crippen LogP contribution in [0.2, 0.25) is 0 Å². The number of carbonyl (C=O) groups is 1. The Balaban J connectivity index is 1.42. The number of hydrogen-bond acceptors (Lipinski definition) is 7. The van der Waals surface area contributed by atoms with Gasteiger partial charge in [-0.3, -0.25) is 9.59 Å². The number of alkyl halides is 2. The molecule has 0 spiro atoms. The number of amides is 1. The molecule has 0 saturated heterocycles. The SMILES string of the molecule is O=C(NC(c1ccc2c(c1)OC(F)(F)O2)C1CC1)c1cc(=O)[nH]c(-c2ncccn2)n1. The van der Waals surface area contributed by atoms with Crippen molar-refractivity contribution in [1.82, 2.24) is 25.3 Å². The van der Waals surface area contributed by atoms with E-state index in [0.29, 0.717) is 5.56 Å². The normalized spacial score (nSPS) is 17.2. The standard InChI is InChI=1S/C20H15F2N5O4/c21-20(22)30-13-5-4-11(8-14(13)31-20)16(10-2-3-10)27-19(29)12-9-15(28)26-18(25-12)17-23-6-1-7-24-17/h1,4-10,16H,2-3H2,(H,27,29)(H,25,26,28). The lowest BCUT2D eigenvalue weighted by molar-refractivity contribution is -0.286. The Kier molecular flexibility index (Phi) is 4.38. The molecule has 0 bridgehead atoms. The molecule has 2 aliphatic rings. The first kappa shape index (κ1) is 19.1. The van der Waals surface area contributed by atoms with Gasteiger partial charge < -0.3 is 19.8 Å². The smallest absolute Gasteiger partial charge is 0.395 e. The first-order chi connectivity index (χ1) is 14.9. The third kappa shape index (κ3) is 3.93. The van der Waals surface area contributed by atoms with Gasteiger partial charge in [-0.05, 0) is 42.5 Å². The zero-order chi connectivity index (χ0) is 21.6. The molecule has 3 heterocycles. The van der Waals surface area contributed by atoms with Crippen LogP contribution in [0.5, 0.6) is 11.5 Å². The van der Waals surface area contributed by atoms with Crippen LogP contribution in [0, 0.1) is 5.92 Å². The lowest BCUT2D eigenvalue weighted by Crippen LogP contribution is -2.31. The number of hydrogen-bond donors (Lipinski definition) is 2. The van der Waals surface area contributed by atoms with E-state index in [-0.39, 0.29) is 34.8 Å². The van der Waals surface area contributed by atoms with Crippen LogP contribution in [0.15, 0.2) is 47.5 Å². The van der Waals surface area contributed by atoms with Crippen LogP contribution in [0.3, 0.4) is 0 Å². The molecule has 1 aromatic carbocycles. The Morgan fingerprint density at radius 2 is 1.90 bits per heavy atom. The number of nitrogens with zero attached hydrogens (tertiary/aromatic N) is 3. The predicted molar refractivity (Wildman–Crippen MR) is 101 cm³/mol. The molecule has 9 nitrogen and oxygen atoms in total. The van der Waals surface area contributed by atoms with E-state index in [1.807, 2.05) is 0 Å². The molecule has 1 fully saturated rings. The van der Waals surface area contributed by atoms with Crippen molar-refractivity contribution in [1.29, 1.82) is 0 Å². The van der Waals surface area contributed by atoms with Gasteiger partial charge in [0.2, 0.25) is 0 Å². The molecule has 1 amide bonds. The minimum absolute atomic E-state index is 0.0616. The summed E-state index contributed by atoms with van der Waals surface area (Å²) in [6.45, 7) is 0. The van der Waals surface area contributed by atoms with Crippen molar-refractivity contribution < 1.29 is 23.0 Å². The number of benzene rings is 1. The fraction of sp³-hybridized carbons (Fsp3) is 0.250. The highest BCUT2D eigenvalue weighted by Crippen LogP contribution is 2.46. The Morgan fingerprint density at radius 3 is 2.65 bits per heavy atom. The molecule has 11 heteroatoms. The summed E-state index contributed by atoms with van der Waals surface area (Å²) < 4.78 is 35.6. The molecule has 1 aliphatic carbocycles. The van der Waals surface area contributed by atoms with E-state index in [4.69, 9.17) is 0 Å². The number of aromatic nitrogens is 4. The average Bonchev–Trinajstić information content (AvgIpc) is 3.53. The summed E-state index contributed by atoms with van der Waals surface area (Å²) in [6, 6.07) is 6.62. The number of rotatable bonds is 5. The van der Waals surface area contributed by atoms with Crippen molar-refractivity contribution in [2.24, 2.45) is 5.92 Å². The minimum atomic E-state index is -3.72. The van der Waals surface area contributed by atoms with Gasteiger partial charge in [-0.2, -0.15) is 0 Å². The first-order valence-corrected chi connectivity index (χ1v) is 9.47. The first-order valence-electron chi connectivity index (χ1n) is 9.47. The monoisotopic (exact) mass is 427 g/mol. The number of ether oxygens (including phenoxy) is 2. The number of halogens is 2. The minimum Gasteiger partial charge on any atom is -0.395 e. The molecule has 2 aromatic heterocycles. The number of aromatic amines is 1. The van der Waals surface area contributed by atoms with Crippen molar-refractivity contribution in [2.45, 2.75) is 25.2 Å². The summed E-state index contributed by atoms with van der Waals surface area (Å²) in [5.41, 5.74) is -0.0487. The Hall–Kier alpha value is -3.89. The highest BCUT2D eigenvalue weighted by molar-refractivity contribution is 5.92. The lowest BCUT2D eigenvalue weighted by atomic mass is 10.0. The molecule has 3 aromatic rings. The van der Waals surface area contributed by atoms with Crippen molar-refractivity contribution in [3.8, 4) is 23.1 Å². The van der Waals surface area contributed by atoms with Crippen molar-refractivity contribution in [2.75, 3.05) is 0 Å². The van der Waals surface area contributed by atoms with Crippen molar-refractivity contribution in [3.63, 3.8) is 0 Å². The van der Waals surface area contributed by atoms with Crippen molar-refractivity contribution in [3.05, 3.63) is 64.3 Å². The van der Waals surface area contributed by atoms with Crippen molar-refractivity contribution >= 4 is 5.91 Å². The van der Waals surface area contributed by atoms with E-state index < -0.39 is 23.8 Å². The topological polar surface area (TPSA) is 119 Å². The quantitative estimate of drug-likeness (QED) is 0.642. The van der Waals surface area contributed by atoms with Gasteiger partial charge in [-0.1, -0.05) is 6.07 Å². The summed E-state index contributed by atoms with van der Waals surface area (Å²) in [6.07, 6.45) is 0.982. The number of H-pyrrole nitrogens is 1. The summed E-state index contributed by atoms with van der Waals surface area (Å²) in [7, 11) is 0. The molecule has 1 atom stereocenters. The van der Waals surface area contributed by atoms with Gasteiger partial charge in [0.15, 0.2) is 23.1 Å². The molecular weight excluding hydrogens is 412 g/mol. The van der Waals surface area contributed by atoms with Gasteiger partial charge >= 0.3 is 6.29 Å². The summed E-state index contributed by atoms with van der Waals surface area (Å²) in [5, 5.41) is 2.85. The van der Waals surface area contributed by atoms with Gasteiger partial charge in [0.25, 0.3) is 11.5 Å². The van der Waals surface area contributed by atoms with E-state index in [2.05, 4.69) is 34.7 Å². The van der Waals surface area contributed by atoms with Gasteiger partial charge in [-0.25, -0.2) is 15.0 Å². The number of fused-ring (bicyclic) bond motifs is 1. The van der Waals surface area contributed by atoms with E-state index in [0.717, 1.165) is 18.9 Å². The maximum absolute atomic E-state index is 13.3. The van der Waals surface area contributed by atoms with Gasteiger partial charge in [0, 0.05) is 18.5 Å². The molecular formula is C20H15F2N5O4. The highest BCUT2D eigenvalue weighted by Gasteiger charge is 2.44. The van der Waals surface area contributed by atoms with E-state index in [1.165, 1.54) is 24.5 Å². The second-order valence-electron chi connectivity index (χ2n) is 7.21. The summed E-state index contributed by atoms with van der Waals surface area (Å²) in [4.78, 5) is 39.6. The molecule has 0 radical (unpaired) electrons. The molecule has 1 saturated carbocycles. The van der Waals surface area contributed by atoms with Crippen LogP contribution in [0.1, 0.15) is 34.9 Å². The second-order valence-corrected chi connectivity index (χ2v) is 7.21. The molecule has 158 valence electrons. The maximum atomic E-state index is 13.3. The van der Waals surface area contributed by atoms with E-state index in [9.17, 15) is 18.4 Å². The van der Waals surface area contributed by atoms with Gasteiger partial charge in [-0.15, -0.1) is 8.78 Å². The van der Waals surface area contributed by atoms with Crippen LogP contribution < -0.4 is 20.3 Å². The van der Waals surface area contributed by atoms with Crippen LogP contribution in [-0.2, 0) is 0 Å². The summed E-state index contributed by atoms with van der Waals surface area (Å²) in [5.74, 6) is -0.387. The molecule has 5 rings (SSSR count). The number of nitrogens with one attached hydrogen (secondary N) is 2. The maximum Gasteiger partial charge on any atom is 0.586 e.